The summed E-state index contributed by atoms with van der Waals surface area (Å²) in [7, 11) is -3.76. The highest BCUT2D eigenvalue weighted by atomic mass is 35.5. The van der Waals surface area contributed by atoms with Gasteiger partial charge in [-0.05, 0) is 37.1 Å². The number of halogens is 2. The monoisotopic (exact) mass is 430 g/mol. The fraction of sp³-hybridized carbons (Fsp3) is 0.294. The van der Waals surface area contributed by atoms with Gasteiger partial charge in [-0.2, -0.15) is 4.31 Å². The molecule has 0 saturated carbocycles. The first kappa shape index (κ1) is 19.9. The molecule has 0 spiro atoms. The van der Waals surface area contributed by atoms with Crippen LogP contribution in [0, 0.1) is 10.1 Å². The Morgan fingerprint density at radius 2 is 1.74 bits per heavy atom. The molecule has 0 aliphatic carbocycles. The molecule has 3 rings (SSSR count). The van der Waals surface area contributed by atoms with Crippen molar-refractivity contribution in [1.29, 1.82) is 0 Å². The van der Waals surface area contributed by atoms with Crippen LogP contribution in [0.5, 0.6) is 5.75 Å². The van der Waals surface area contributed by atoms with Crippen LogP contribution in [0.15, 0.2) is 41.3 Å². The van der Waals surface area contributed by atoms with E-state index in [1.807, 2.05) is 0 Å². The van der Waals surface area contributed by atoms with Crippen molar-refractivity contribution in [1.82, 2.24) is 4.31 Å². The molecular weight excluding hydrogens is 415 g/mol. The van der Waals surface area contributed by atoms with Crippen LogP contribution in [0.2, 0.25) is 10.0 Å². The molecule has 0 unspecified atom stereocenters. The lowest BCUT2D eigenvalue weighted by Crippen LogP contribution is -2.27. The van der Waals surface area contributed by atoms with Crippen molar-refractivity contribution >= 4 is 38.9 Å². The second-order valence-electron chi connectivity index (χ2n) is 5.99. The Balaban J connectivity index is 1.89. The van der Waals surface area contributed by atoms with Crippen LogP contribution in [0.4, 0.5) is 5.69 Å². The molecule has 10 heteroatoms. The minimum Gasteiger partial charge on any atom is -0.482 e. The standard InChI is InChI=1S/C17H16Cl2N2O5S/c18-14-4-3-5-15(19)13(14)11-26-17-7-6-12(10-16(17)21(22)23)27(24,25)20-8-1-2-9-20/h3-7,10H,1-2,8-9,11H2. The van der Waals surface area contributed by atoms with E-state index < -0.39 is 20.6 Å². The Morgan fingerprint density at radius 1 is 1.11 bits per heavy atom. The number of rotatable bonds is 6. The molecule has 144 valence electrons. The van der Waals surface area contributed by atoms with Crippen LogP contribution in [-0.4, -0.2) is 30.7 Å². The van der Waals surface area contributed by atoms with Crippen molar-refractivity contribution in [3.63, 3.8) is 0 Å². The van der Waals surface area contributed by atoms with E-state index in [0.717, 1.165) is 18.9 Å². The fourth-order valence-electron chi connectivity index (χ4n) is 2.82. The Morgan fingerprint density at radius 3 is 2.33 bits per heavy atom. The Hall–Kier alpha value is -1.87. The highest BCUT2D eigenvalue weighted by Crippen LogP contribution is 2.33. The van der Waals surface area contributed by atoms with Crippen LogP contribution < -0.4 is 4.74 Å². The lowest BCUT2D eigenvalue weighted by atomic mass is 10.2. The summed E-state index contributed by atoms with van der Waals surface area (Å²) in [4.78, 5) is 10.6. The van der Waals surface area contributed by atoms with Crippen LogP contribution in [0.25, 0.3) is 0 Å². The van der Waals surface area contributed by atoms with Crippen LogP contribution >= 0.6 is 23.2 Å². The molecule has 1 heterocycles. The second-order valence-corrected chi connectivity index (χ2v) is 8.74. The molecule has 0 radical (unpaired) electrons. The van der Waals surface area contributed by atoms with Gasteiger partial charge >= 0.3 is 5.69 Å². The Labute approximate surface area is 166 Å². The van der Waals surface area contributed by atoms with Gasteiger partial charge in [0.1, 0.15) is 6.61 Å². The van der Waals surface area contributed by atoms with Crippen molar-refractivity contribution in [2.45, 2.75) is 24.3 Å². The van der Waals surface area contributed by atoms with Crippen molar-refractivity contribution in [2.75, 3.05) is 13.1 Å². The number of hydrogen-bond acceptors (Lipinski definition) is 5. The van der Waals surface area contributed by atoms with E-state index in [1.165, 1.54) is 16.4 Å². The van der Waals surface area contributed by atoms with E-state index in [-0.39, 0.29) is 17.3 Å². The van der Waals surface area contributed by atoms with Gasteiger partial charge in [0.05, 0.1) is 9.82 Å². The Kier molecular flexibility index (Phi) is 5.90. The number of benzene rings is 2. The van der Waals surface area contributed by atoms with Gasteiger partial charge in [-0.25, -0.2) is 8.42 Å². The molecule has 0 amide bonds. The van der Waals surface area contributed by atoms with E-state index in [9.17, 15) is 18.5 Å². The highest BCUT2D eigenvalue weighted by Gasteiger charge is 2.29. The second kappa shape index (κ2) is 8.02. The first-order valence-electron chi connectivity index (χ1n) is 8.15. The molecule has 2 aromatic rings. The minimum absolute atomic E-state index is 0.0589. The van der Waals surface area contributed by atoms with E-state index in [0.29, 0.717) is 28.7 Å². The SMILES string of the molecule is O=[N+]([O-])c1cc(S(=O)(=O)N2CCCC2)ccc1OCc1c(Cl)cccc1Cl. The zero-order chi connectivity index (χ0) is 19.6. The number of nitro groups is 1. The largest absolute Gasteiger partial charge is 0.482 e. The summed E-state index contributed by atoms with van der Waals surface area (Å²) in [6.07, 6.45) is 1.56. The molecule has 1 saturated heterocycles. The van der Waals surface area contributed by atoms with Gasteiger partial charge < -0.3 is 4.74 Å². The van der Waals surface area contributed by atoms with Gasteiger partial charge in [0.15, 0.2) is 5.75 Å². The average molecular weight is 431 g/mol. The van der Waals surface area contributed by atoms with Crippen molar-refractivity contribution < 1.29 is 18.1 Å². The predicted molar refractivity (Wildman–Crippen MR) is 102 cm³/mol. The first-order valence-corrected chi connectivity index (χ1v) is 10.3. The van der Waals surface area contributed by atoms with Gasteiger partial charge in [-0.3, -0.25) is 10.1 Å². The normalized spacial score (nSPS) is 15.0. The maximum Gasteiger partial charge on any atom is 0.312 e. The third kappa shape index (κ3) is 4.19. The summed E-state index contributed by atoms with van der Waals surface area (Å²) >= 11 is 12.1. The highest BCUT2D eigenvalue weighted by molar-refractivity contribution is 7.89. The Bertz CT molecular complexity index is 955. The molecule has 27 heavy (non-hydrogen) atoms. The molecule has 0 aromatic heterocycles. The summed E-state index contributed by atoms with van der Waals surface area (Å²) in [5, 5.41) is 12.2. The molecule has 0 bridgehead atoms. The summed E-state index contributed by atoms with van der Waals surface area (Å²) < 4.78 is 32.1. The molecule has 1 fully saturated rings. The topological polar surface area (TPSA) is 89.8 Å². The summed E-state index contributed by atoms with van der Waals surface area (Å²) in [5.41, 5.74) is 0.0577. The van der Waals surface area contributed by atoms with Crippen LogP contribution in [0.3, 0.4) is 0 Å². The van der Waals surface area contributed by atoms with Crippen LogP contribution in [-0.2, 0) is 16.6 Å². The van der Waals surface area contributed by atoms with Gasteiger partial charge in [0.2, 0.25) is 10.0 Å². The summed E-state index contributed by atoms with van der Waals surface area (Å²) in [5.74, 6) is -0.0589. The number of nitrogens with zero attached hydrogens (tertiary/aromatic N) is 2. The lowest BCUT2D eigenvalue weighted by molar-refractivity contribution is -0.386. The first-order chi connectivity index (χ1) is 12.8. The third-order valence-corrected chi connectivity index (χ3v) is 6.87. The summed E-state index contributed by atoms with van der Waals surface area (Å²) in [6, 6.07) is 8.56. The number of hydrogen-bond donors (Lipinski definition) is 0. The van der Waals surface area contributed by atoms with Gasteiger partial charge in [0, 0.05) is 34.8 Å². The van der Waals surface area contributed by atoms with E-state index in [4.69, 9.17) is 27.9 Å². The molecule has 0 atom stereocenters. The number of sulfonamides is 1. The zero-order valence-electron chi connectivity index (χ0n) is 14.1. The maximum absolute atomic E-state index is 12.6. The van der Waals surface area contributed by atoms with Crippen molar-refractivity contribution in [2.24, 2.45) is 0 Å². The van der Waals surface area contributed by atoms with E-state index in [2.05, 4.69) is 0 Å². The van der Waals surface area contributed by atoms with E-state index in [1.54, 1.807) is 18.2 Å². The quantitative estimate of drug-likeness (QED) is 0.504. The number of nitro benzene ring substituents is 1. The van der Waals surface area contributed by atoms with Gasteiger partial charge in [-0.1, -0.05) is 29.3 Å². The van der Waals surface area contributed by atoms with Crippen molar-refractivity contribution in [3.8, 4) is 5.75 Å². The molecule has 2 aromatic carbocycles. The third-order valence-electron chi connectivity index (χ3n) is 4.26. The zero-order valence-corrected chi connectivity index (χ0v) is 16.4. The average Bonchev–Trinajstić information content (AvgIpc) is 3.16. The van der Waals surface area contributed by atoms with Gasteiger partial charge in [-0.15, -0.1) is 0 Å². The molecule has 1 aliphatic rings. The molecular formula is C17H16Cl2N2O5S. The molecule has 0 N–H and O–H groups in total. The summed E-state index contributed by atoms with van der Waals surface area (Å²) in [6.45, 7) is 0.746. The van der Waals surface area contributed by atoms with Gasteiger partial charge in [0.25, 0.3) is 0 Å². The molecule has 7 nitrogen and oxygen atoms in total. The predicted octanol–water partition coefficient (Wildman–Crippen LogP) is 4.27. The lowest BCUT2D eigenvalue weighted by Gasteiger charge is -2.16. The van der Waals surface area contributed by atoms with E-state index >= 15 is 0 Å². The fourth-order valence-corrected chi connectivity index (χ4v) is 4.86. The van der Waals surface area contributed by atoms with Crippen molar-refractivity contribution in [3.05, 3.63) is 62.1 Å². The van der Waals surface area contributed by atoms with Crippen LogP contribution in [0.1, 0.15) is 18.4 Å². The minimum atomic E-state index is -3.76. The molecule has 1 aliphatic heterocycles. The number of ether oxygens (including phenoxy) is 1. The smallest absolute Gasteiger partial charge is 0.312 e. The maximum atomic E-state index is 12.6.